The highest BCUT2D eigenvalue weighted by Gasteiger charge is 2.21. The Hall–Kier alpha value is -3.93. The quantitative estimate of drug-likeness (QED) is 0.517. The minimum atomic E-state index is -0.900. The lowest BCUT2D eigenvalue weighted by atomic mass is 10.0. The summed E-state index contributed by atoms with van der Waals surface area (Å²) in [5.41, 5.74) is 3.57. The average molecular weight is 425 g/mol. The molecule has 0 radical (unpaired) electrons. The Morgan fingerprint density at radius 1 is 0.750 bits per heavy atom. The van der Waals surface area contributed by atoms with Crippen LogP contribution in [0.1, 0.15) is 21.6 Å². The summed E-state index contributed by atoms with van der Waals surface area (Å²) in [7, 11) is 0. The molecule has 1 aliphatic heterocycles. The summed E-state index contributed by atoms with van der Waals surface area (Å²) in [4.78, 5) is 15.7. The van der Waals surface area contributed by atoms with E-state index in [1.807, 2.05) is 30.3 Å². The summed E-state index contributed by atoms with van der Waals surface area (Å²) in [5.74, 6) is 0.0285. The third-order valence-electron chi connectivity index (χ3n) is 6.02. The zero-order valence-electron chi connectivity index (χ0n) is 17.7. The van der Waals surface area contributed by atoms with Crippen molar-refractivity contribution in [2.75, 3.05) is 36.0 Å². The van der Waals surface area contributed by atoms with Gasteiger partial charge in [0.05, 0.1) is 11.3 Å². The van der Waals surface area contributed by atoms with E-state index in [0.717, 1.165) is 60.6 Å². The smallest absolute Gasteiger partial charge is 0.335 e. The van der Waals surface area contributed by atoms with Gasteiger partial charge in [0.15, 0.2) is 5.82 Å². The summed E-state index contributed by atoms with van der Waals surface area (Å²) in [6, 6.07) is 25.8. The molecule has 160 valence electrons. The maximum atomic E-state index is 11.1. The van der Waals surface area contributed by atoms with Gasteiger partial charge < -0.3 is 14.9 Å². The summed E-state index contributed by atoms with van der Waals surface area (Å²) in [6.07, 6.45) is 0.759. The first-order valence-electron chi connectivity index (χ1n) is 10.8. The van der Waals surface area contributed by atoms with Gasteiger partial charge in [-0.3, -0.25) is 0 Å². The summed E-state index contributed by atoms with van der Waals surface area (Å²) >= 11 is 0. The molecule has 0 unspecified atom stereocenters. The van der Waals surface area contributed by atoms with E-state index in [9.17, 15) is 4.79 Å². The number of fused-ring (bicyclic) bond motifs is 1. The summed E-state index contributed by atoms with van der Waals surface area (Å²) in [6.45, 7) is 3.34. The predicted octanol–water partition coefficient (Wildman–Crippen LogP) is 4.25. The first kappa shape index (κ1) is 20.0. The predicted molar refractivity (Wildman–Crippen MR) is 127 cm³/mol. The van der Waals surface area contributed by atoms with Gasteiger partial charge in [-0.2, -0.15) is 5.10 Å². The number of nitrogens with zero attached hydrogens (tertiary/aromatic N) is 4. The molecule has 32 heavy (non-hydrogen) atoms. The molecule has 5 rings (SSSR count). The Kier molecular flexibility index (Phi) is 5.42. The van der Waals surface area contributed by atoms with Gasteiger partial charge in [0.2, 0.25) is 0 Å². The van der Waals surface area contributed by atoms with Gasteiger partial charge in [-0.1, -0.05) is 54.6 Å². The number of carboxylic acid groups (broad SMARTS) is 1. The van der Waals surface area contributed by atoms with Gasteiger partial charge in [-0.25, -0.2) is 4.79 Å². The third-order valence-corrected chi connectivity index (χ3v) is 6.02. The zero-order valence-corrected chi connectivity index (χ0v) is 17.7. The lowest BCUT2D eigenvalue weighted by Crippen LogP contribution is -2.47. The molecule has 0 amide bonds. The number of aromatic nitrogens is 2. The SMILES string of the molecule is O=C(O)c1ccc(N2CCN(c3nnc(Cc4ccccc4)c4ccccc34)CC2)cc1. The van der Waals surface area contributed by atoms with Crippen LogP contribution in [0.4, 0.5) is 11.5 Å². The fourth-order valence-corrected chi connectivity index (χ4v) is 4.29. The highest BCUT2D eigenvalue weighted by molar-refractivity contribution is 5.93. The number of benzene rings is 3. The molecule has 1 fully saturated rings. The van der Waals surface area contributed by atoms with Crippen molar-refractivity contribution in [2.24, 2.45) is 0 Å². The molecule has 2 heterocycles. The lowest BCUT2D eigenvalue weighted by Gasteiger charge is -2.37. The Morgan fingerprint density at radius 3 is 2.06 bits per heavy atom. The first-order chi connectivity index (χ1) is 15.7. The number of piperazine rings is 1. The molecular formula is C26H24N4O2. The van der Waals surface area contributed by atoms with Crippen molar-refractivity contribution >= 4 is 28.2 Å². The second kappa shape index (κ2) is 8.67. The van der Waals surface area contributed by atoms with Gasteiger partial charge in [0.1, 0.15) is 0 Å². The van der Waals surface area contributed by atoms with Gasteiger partial charge >= 0.3 is 5.97 Å². The summed E-state index contributed by atoms with van der Waals surface area (Å²) < 4.78 is 0. The molecule has 4 aromatic rings. The molecule has 0 bridgehead atoms. The average Bonchev–Trinajstić information content (AvgIpc) is 2.85. The molecule has 0 aliphatic carbocycles. The van der Waals surface area contributed by atoms with Crippen molar-refractivity contribution in [2.45, 2.75) is 6.42 Å². The van der Waals surface area contributed by atoms with Gasteiger partial charge in [0.25, 0.3) is 0 Å². The van der Waals surface area contributed by atoms with E-state index in [0.29, 0.717) is 5.56 Å². The van der Waals surface area contributed by atoms with E-state index in [1.54, 1.807) is 12.1 Å². The minimum absolute atomic E-state index is 0.310. The van der Waals surface area contributed by atoms with Crippen LogP contribution in [0.25, 0.3) is 10.8 Å². The van der Waals surface area contributed by atoms with Crippen LogP contribution in [0, 0.1) is 0 Å². The summed E-state index contributed by atoms with van der Waals surface area (Å²) in [5, 5.41) is 20.6. The standard InChI is InChI=1S/C26H24N4O2/c31-26(32)20-10-12-21(13-11-20)29-14-16-30(17-15-29)25-23-9-5-4-8-22(23)24(27-28-25)18-19-6-2-1-3-7-19/h1-13H,14-18H2,(H,31,32). The van der Waals surface area contributed by atoms with Gasteiger partial charge in [-0.15, -0.1) is 5.10 Å². The molecule has 6 heteroatoms. The molecule has 1 aromatic heterocycles. The van der Waals surface area contributed by atoms with Gasteiger partial charge in [0, 0.05) is 49.1 Å². The van der Waals surface area contributed by atoms with Crippen molar-refractivity contribution < 1.29 is 9.90 Å². The van der Waals surface area contributed by atoms with Crippen LogP contribution in [-0.4, -0.2) is 47.5 Å². The van der Waals surface area contributed by atoms with Crippen LogP contribution < -0.4 is 9.80 Å². The molecule has 1 saturated heterocycles. The Morgan fingerprint density at radius 2 is 1.38 bits per heavy atom. The molecule has 1 N–H and O–H groups in total. The van der Waals surface area contributed by atoms with E-state index < -0.39 is 5.97 Å². The Labute approximate surface area is 186 Å². The number of aromatic carboxylic acids is 1. The Balaban J connectivity index is 1.35. The van der Waals surface area contributed by atoms with Crippen molar-refractivity contribution in [3.8, 4) is 0 Å². The molecule has 0 saturated carbocycles. The first-order valence-corrected chi connectivity index (χ1v) is 10.8. The number of carbonyl (C=O) groups is 1. The topological polar surface area (TPSA) is 69.6 Å². The number of hydrogen-bond acceptors (Lipinski definition) is 5. The maximum Gasteiger partial charge on any atom is 0.335 e. The van der Waals surface area contributed by atoms with E-state index in [2.05, 4.69) is 56.4 Å². The molecule has 0 spiro atoms. The van der Waals surface area contributed by atoms with Crippen LogP contribution >= 0.6 is 0 Å². The van der Waals surface area contributed by atoms with Crippen molar-refractivity contribution in [1.82, 2.24) is 10.2 Å². The largest absolute Gasteiger partial charge is 0.478 e. The van der Waals surface area contributed by atoms with E-state index >= 15 is 0 Å². The number of carboxylic acids is 1. The van der Waals surface area contributed by atoms with Crippen molar-refractivity contribution in [3.05, 3.63) is 95.7 Å². The fourth-order valence-electron chi connectivity index (χ4n) is 4.29. The molecular weight excluding hydrogens is 400 g/mol. The van der Waals surface area contributed by atoms with Crippen LogP contribution in [0.2, 0.25) is 0 Å². The third kappa shape index (κ3) is 3.99. The number of rotatable bonds is 5. The molecule has 1 aliphatic rings. The Bertz CT molecular complexity index is 1230. The van der Waals surface area contributed by atoms with Crippen LogP contribution in [0.15, 0.2) is 78.9 Å². The second-order valence-corrected chi connectivity index (χ2v) is 8.00. The fraction of sp³-hybridized carbons (Fsp3) is 0.192. The maximum absolute atomic E-state index is 11.1. The minimum Gasteiger partial charge on any atom is -0.478 e. The van der Waals surface area contributed by atoms with E-state index in [-0.39, 0.29) is 0 Å². The highest BCUT2D eigenvalue weighted by Crippen LogP contribution is 2.28. The molecule has 6 nitrogen and oxygen atoms in total. The highest BCUT2D eigenvalue weighted by atomic mass is 16.4. The zero-order chi connectivity index (χ0) is 21.9. The van der Waals surface area contributed by atoms with Crippen LogP contribution in [0.3, 0.4) is 0 Å². The second-order valence-electron chi connectivity index (χ2n) is 8.00. The number of hydrogen-bond donors (Lipinski definition) is 1. The van der Waals surface area contributed by atoms with E-state index in [4.69, 9.17) is 5.11 Å². The van der Waals surface area contributed by atoms with Crippen LogP contribution in [0.5, 0.6) is 0 Å². The lowest BCUT2D eigenvalue weighted by molar-refractivity contribution is 0.0697. The number of anilines is 2. The van der Waals surface area contributed by atoms with Crippen molar-refractivity contribution in [3.63, 3.8) is 0 Å². The molecule has 0 atom stereocenters. The van der Waals surface area contributed by atoms with Crippen molar-refractivity contribution in [1.29, 1.82) is 0 Å². The van der Waals surface area contributed by atoms with E-state index in [1.165, 1.54) is 5.56 Å². The monoisotopic (exact) mass is 424 g/mol. The normalized spacial score (nSPS) is 14.0. The van der Waals surface area contributed by atoms with Crippen LogP contribution in [-0.2, 0) is 6.42 Å². The van der Waals surface area contributed by atoms with Gasteiger partial charge in [-0.05, 0) is 29.8 Å². The molecule has 3 aromatic carbocycles.